The largest absolute Gasteiger partial charge is 0.480 e. The molecular formula is C15H14N4O5. The minimum atomic E-state index is -0.920. The van der Waals surface area contributed by atoms with Crippen molar-refractivity contribution in [1.29, 1.82) is 0 Å². The van der Waals surface area contributed by atoms with Gasteiger partial charge in [-0.15, -0.1) is 10.2 Å². The molecule has 2 aliphatic heterocycles. The number of carbonyl (C=O) groups excluding carboxylic acids is 1. The van der Waals surface area contributed by atoms with Crippen LogP contribution in [0.5, 0.6) is 11.5 Å². The maximum atomic E-state index is 12.3. The second kappa shape index (κ2) is 5.52. The number of carboxylic acids is 1. The Morgan fingerprint density at radius 2 is 2.12 bits per heavy atom. The highest BCUT2D eigenvalue weighted by atomic mass is 16.7. The molecule has 0 radical (unpaired) electrons. The van der Waals surface area contributed by atoms with Crippen LogP contribution >= 0.6 is 0 Å². The summed E-state index contributed by atoms with van der Waals surface area (Å²) in [7, 11) is 0. The van der Waals surface area contributed by atoms with Crippen LogP contribution in [0, 0.1) is 0 Å². The number of hydrogen-bond acceptors (Lipinski definition) is 6. The maximum Gasteiger partial charge on any atom is 0.326 e. The van der Waals surface area contributed by atoms with Crippen LogP contribution in [-0.4, -0.2) is 38.5 Å². The van der Waals surface area contributed by atoms with Crippen LogP contribution in [0.1, 0.15) is 34.5 Å². The molecule has 0 bridgehead atoms. The number of rotatable bonds is 4. The molecule has 124 valence electrons. The van der Waals surface area contributed by atoms with Crippen molar-refractivity contribution in [2.45, 2.75) is 25.4 Å². The monoisotopic (exact) mass is 330 g/mol. The number of aryl methyl sites for hydroxylation is 1. The fourth-order valence-corrected chi connectivity index (χ4v) is 2.94. The predicted molar refractivity (Wildman–Crippen MR) is 78.8 cm³/mol. The topological polar surface area (TPSA) is 116 Å². The van der Waals surface area contributed by atoms with E-state index in [0.717, 1.165) is 0 Å². The Kier molecular flexibility index (Phi) is 3.33. The van der Waals surface area contributed by atoms with Gasteiger partial charge in [0.25, 0.3) is 5.91 Å². The van der Waals surface area contributed by atoms with Crippen molar-refractivity contribution >= 4 is 11.9 Å². The lowest BCUT2D eigenvalue weighted by Gasteiger charge is -2.11. The van der Waals surface area contributed by atoms with Crippen molar-refractivity contribution < 1.29 is 24.2 Å². The molecule has 1 atom stereocenters. The Morgan fingerprint density at radius 3 is 2.96 bits per heavy atom. The van der Waals surface area contributed by atoms with Crippen LogP contribution in [0.2, 0.25) is 0 Å². The van der Waals surface area contributed by atoms with Crippen molar-refractivity contribution in [2.75, 3.05) is 6.79 Å². The third-order valence-electron chi connectivity index (χ3n) is 4.12. The third-order valence-corrected chi connectivity index (χ3v) is 4.12. The molecule has 0 spiro atoms. The van der Waals surface area contributed by atoms with Crippen molar-refractivity contribution in [2.24, 2.45) is 0 Å². The van der Waals surface area contributed by atoms with E-state index < -0.39 is 12.0 Å². The van der Waals surface area contributed by atoms with Crippen molar-refractivity contribution in [1.82, 2.24) is 20.1 Å². The van der Waals surface area contributed by atoms with Crippen LogP contribution in [0.4, 0.5) is 0 Å². The molecule has 0 saturated carbocycles. The van der Waals surface area contributed by atoms with Gasteiger partial charge in [-0.1, -0.05) is 0 Å². The lowest BCUT2D eigenvalue weighted by Crippen LogP contribution is -2.26. The summed E-state index contributed by atoms with van der Waals surface area (Å²) in [5, 5.41) is 20.0. The maximum absolute atomic E-state index is 12.3. The molecule has 0 saturated heterocycles. The second-order valence-electron chi connectivity index (χ2n) is 5.55. The Morgan fingerprint density at radius 1 is 1.29 bits per heavy atom. The fraction of sp³-hybridized carbons (Fsp3) is 0.333. The first kappa shape index (κ1) is 14.5. The Bertz CT molecular complexity index is 831. The molecule has 1 aromatic heterocycles. The zero-order valence-corrected chi connectivity index (χ0v) is 12.6. The van der Waals surface area contributed by atoms with Gasteiger partial charge in [-0.25, -0.2) is 4.79 Å². The smallest absolute Gasteiger partial charge is 0.326 e. The summed E-state index contributed by atoms with van der Waals surface area (Å²) in [5.74, 6) is 0.967. The minimum Gasteiger partial charge on any atom is -0.480 e. The standard InChI is InChI=1S/C15H14N4O5/c20-14(8-1-3-10-11(5-8)24-7-23-10)16-6-13-18-17-12-4-2-9(15(21)22)19(12)13/h1,3,5,9H,2,4,6-7H2,(H,16,20)(H,21,22). The van der Waals surface area contributed by atoms with Gasteiger partial charge in [0.1, 0.15) is 11.9 Å². The second-order valence-corrected chi connectivity index (χ2v) is 5.55. The first-order valence-electron chi connectivity index (χ1n) is 7.47. The van der Waals surface area contributed by atoms with Crippen molar-refractivity contribution in [3.8, 4) is 11.5 Å². The van der Waals surface area contributed by atoms with E-state index in [2.05, 4.69) is 15.5 Å². The van der Waals surface area contributed by atoms with Gasteiger partial charge in [-0.2, -0.15) is 0 Å². The number of aromatic nitrogens is 3. The summed E-state index contributed by atoms with van der Waals surface area (Å²) in [6.45, 7) is 0.243. The average Bonchev–Trinajstić information content (AvgIpc) is 3.27. The predicted octanol–water partition coefficient (Wildman–Crippen LogP) is 0.509. The molecule has 24 heavy (non-hydrogen) atoms. The zero-order valence-electron chi connectivity index (χ0n) is 12.6. The van der Waals surface area contributed by atoms with E-state index in [4.69, 9.17) is 9.47 Å². The Labute approximate surface area is 136 Å². The number of nitrogens with one attached hydrogen (secondary N) is 1. The molecule has 1 unspecified atom stereocenters. The van der Waals surface area contributed by atoms with Crippen molar-refractivity contribution in [3.63, 3.8) is 0 Å². The highest BCUT2D eigenvalue weighted by Crippen LogP contribution is 2.32. The number of amides is 1. The van der Waals surface area contributed by atoms with Gasteiger partial charge in [0.2, 0.25) is 6.79 Å². The van der Waals surface area contributed by atoms with Gasteiger partial charge in [-0.3, -0.25) is 9.36 Å². The van der Waals surface area contributed by atoms with E-state index in [9.17, 15) is 14.7 Å². The Hall–Kier alpha value is -3.10. The number of hydrogen-bond donors (Lipinski definition) is 2. The summed E-state index contributed by atoms with van der Waals surface area (Å²) in [6, 6.07) is 4.24. The molecule has 0 aliphatic carbocycles. The molecule has 0 fully saturated rings. The van der Waals surface area contributed by atoms with Gasteiger partial charge in [0.15, 0.2) is 17.3 Å². The van der Waals surface area contributed by atoms with Gasteiger partial charge >= 0.3 is 5.97 Å². The minimum absolute atomic E-state index is 0.101. The molecule has 9 heteroatoms. The number of carboxylic acid groups (broad SMARTS) is 1. The number of nitrogens with zero attached hydrogens (tertiary/aromatic N) is 3. The van der Waals surface area contributed by atoms with E-state index in [1.807, 2.05) is 0 Å². The van der Waals surface area contributed by atoms with E-state index >= 15 is 0 Å². The van der Waals surface area contributed by atoms with E-state index in [1.54, 1.807) is 22.8 Å². The molecular weight excluding hydrogens is 316 g/mol. The number of fused-ring (bicyclic) bond motifs is 2. The summed E-state index contributed by atoms with van der Waals surface area (Å²) in [4.78, 5) is 23.6. The van der Waals surface area contributed by atoms with Crippen LogP contribution in [0.25, 0.3) is 0 Å². The molecule has 2 aliphatic rings. The molecule has 3 heterocycles. The van der Waals surface area contributed by atoms with E-state index in [0.29, 0.717) is 41.6 Å². The summed E-state index contributed by atoms with van der Waals surface area (Å²) in [6.07, 6.45) is 1.06. The lowest BCUT2D eigenvalue weighted by molar-refractivity contribution is -0.140. The van der Waals surface area contributed by atoms with E-state index in [-0.39, 0.29) is 19.2 Å². The summed E-state index contributed by atoms with van der Waals surface area (Å²) in [5.41, 5.74) is 0.426. The zero-order chi connectivity index (χ0) is 16.7. The molecule has 1 aromatic carbocycles. The first-order valence-corrected chi connectivity index (χ1v) is 7.47. The van der Waals surface area contributed by atoms with Gasteiger partial charge < -0.3 is 19.9 Å². The molecule has 9 nitrogen and oxygen atoms in total. The number of ether oxygens (including phenoxy) is 2. The average molecular weight is 330 g/mol. The van der Waals surface area contributed by atoms with Gasteiger partial charge in [0, 0.05) is 12.0 Å². The van der Waals surface area contributed by atoms with Crippen LogP contribution in [-0.2, 0) is 17.8 Å². The number of carbonyl (C=O) groups is 2. The normalized spacial score (nSPS) is 17.6. The Balaban J connectivity index is 1.48. The van der Waals surface area contributed by atoms with Gasteiger partial charge in [0.05, 0.1) is 6.54 Å². The van der Waals surface area contributed by atoms with Gasteiger partial charge in [-0.05, 0) is 24.6 Å². The first-order chi connectivity index (χ1) is 11.6. The van der Waals surface area contributed by atoms with Crippen LogP contribution in [0.15, 0.2) is 18.2 Å². The number of aliphatic carboxylic acids is 1. The third kappa shape index (κ3) is 2.34. The molecule has 4 rings (SSSR count). The number of benzene rings is 1. The highest BCUT2D eigenvalue weighted by Gasteiger charge is 2.32. The van der Waals surface area contributed by atoms with Crippen molar-refractivity contribution in [3.05, 3.63) is 35.4 Å². The van der Waals surface area contributed by atoms with Crippen LogP contribution in [0.3, 0.4) is 0 Å². The fourth-order valence-electron chi connectivity index (χ4n) is 2.94. The molecule has 2 N–H and O–H groups in total. The summed E-state index contributed by atoms with van der Waals surface area (Å²) < 4.78 is 12.0. The highest BCUT2D eigenvalue weighted by molar-refractivity contribution is 5.94. The molecule has 2 aromatic rings. The SMILES string of the molecule is O=C(NCc1nnc2n1C(C(=O)O)CC2)c1ccc2c(c1)OCO2. The van der Waals surface area contributed by atoms with E-state index in [1.165, 1.54) is 0 Å². The summed E-state index contributed by atoms with van der Waals surface area (Å²) >= 11 is 0. The van der Waals surface area contributed by atoms with Crippen LogP contribution < -0.4 is 14.8 Å². The lowest BCUT2D eigenvalue weighted by atomic mass is 10.2. The molecule has 1 amide bonds. The quantitative estimate of drug-likeness (QED) is 0.839.